The van der Waals surface area contributed by atoms with Crippen molar-refractivity contribution in [3.8, 4) is 5.88 Å². The number of pyridine rings is 1. The molecule has 2 heterocycles. The van der Waals surface area contributed by atoms with Crippen molar-refractivity contribution in [2.24, 2.45) is 0 Å². The van der Waals surface area contributed by atoms with Gasteiger partial charge in [0.05, 0.1) is 12.9 Å². The Labute approximate surface area is 166 Å². The van der Waals surface area contributed by atoms with E-state index in [1.807, 2.05) is 0 Å². The van der Waals surface area contributed by atoms with Crippen LogP contribution < -0.4 is 4.74 Å². The van der Waals surface area contributed by atoms with Gasteiger partial charge in [-0.2, -0.15) is 0 Å². The first-order chi connectivity index (χ1) is 13.9. The molecule has 0 radical (unpaired) electrons. The fourth-order valence-electron chi connectivity index (χ4n) is 2.35. The van der Waals surface area contributed by atoms with Gasteiger partial charge in [0, 0.05) is 18.2 Å². The molecule has 0 spiro atoms. The third kappa shape index (κ3) is 6.91. The molecular weight excluding hydrogens is 384 g/mol. The molecule has 2 aromatic heterocycles. The molecule has 0 fully saturated rings. The molecule has 0 aromatic carbocycles. The van der Waals surface area contributed by atoms with Gasteiger partial charge in [0.2, 0.25) is 5.88 Å². The van der Waals surface area contributed by atoms with Crippen molar-refractivity contribution in [2.75, 3.05) is 6.61 Å². The number of nitrogens with zero attached hydrogens (tertiary/aromatic N) is 1. The number of carboxylic acid groups (broad SMARTS) is 1. The number of allylic oxidation sites excluding steroid dienone is 4. The van der Waals surface area contributed by atoms with Gasteiger partial charge < -0.3 is 19.0 Å². The Morgan fingerprint density at radius 2 is 2.14 bits per heavy atom. The molecule has 0 saturated carbocycles. The van der Waals surface area contributed by atoms with E-state index in [0.29, 0.717) is 16.9 Å². The van der Waals surface area contributed by atoms with Crippen LogP contribution in [0.15, 0.2) is 71.2 Å². The van der Waals surface area contributed by atoms with E-state index in [4.69, 9.17) is 19.0 Å². The summed E-state index contributed by atoms with van der Waals surface area (Å²) in [4.78, 5) is 14.6. The molecule has 8 heteroatoms. The summed E-state index contributed by atoms with van der Waals surface area (Å²) in [5.41, 5.74) is 0.918. The number of carboxylic acids is 1. The van der Waals surface area contributed by atoms with Crippen LogP contribution in [-0.4, -0.2) is 22.7 Å². The molecule has 29 heavy (non-hydrogen) atoms. The summed E-state index contributed by atoms with van der Waals surface area (Å²) in [6.45, 7) is 4.66. The molecule has 0 atom stereocenters. The van der Waals surface area contributed by atoms with Crippen molar-refractivity contribution in [2.45, 2.75) is 26.4 Å². The van der Waals surface area contributed by atoms with Gasteiger partial charge in [-0.25, -0.2) is 13.8 Å². The lowest BCUT2D eigenvalue weighted by Gasteiger charge is -2.11. The van der Waals surface area contributed by atoms with Crippen LogP contribution in [0.2, 0.25) is 0 Å². The first kappa shape index (κ1) is 21.9. The average Bonchev–Trinajstić information content (AvgIpc) is 3.19. The van der Waals surface area contributed by atoms with Gasteiger partial charge in [0.25, 0.3) is 0 Å². The number of aromatic nitrogens is 1. The topological polar surface area (TPSA) is 81.8 Å². The molecule has 0 saturated heterocycles. The normalized spacial score (nSPS) is 12.3. The smallest absolute Gasteiger partial charge is 0.303 e. The predicted octanol–water partition coefficient (Wildman–Crippen LogP) is 5.20. The second kappa shape index (κ2) is 10.8. The Morgan fingerprint density at radius 3 is 2.79 bits per heavy atom. The van der Waals surface area contributed by atoms with Crippen LogP contribution in [0.3, 0.4) is 0 Å². The molecule has 0 aliphatic heterocycles. The van der Waals surface area contributed by atoms with Crippen molar-refractivity contribution in [1.29, 1.82) is 0 Å². The van der Waals surface area contributed by atoms with Crippen LogP contribution in [0.25, 0.3) is 5.57 Å². The molecule has 0 aliphatic carbocycles. The fourth-order valence-corrected chi connectivity index (χ4v) is 2.35. The quantitative estimate of drug-likeness (QED) is 0.314. The maximum atomic E-state index is 14.6. The standard InChI is InChI=1S/C21H21F2NO5/c1-14(12-18(23)20(15(2)22)28-11-5-8-19(25)26)17-7-3-9-24-21(17)29-13-16-6-4-10-27-16/h3-4,6-7,9-10,12H,2,5,8,11,13H2,1H3,(H,25,26)/b14-12+,20-18-. The van der Waals surface area contributed by atoms with Crippen LogP contribution in [-0.2, 0) is 16.1 Å². The monoisotopic (exact) mass is 405 g/mol. The van der Waals surface area contributed by atoms with Crippen LogP contribution in [0.4, 0.5) is 8.78 Å². The molecule has 154 valence electrons. The summed E-state index contributed by atoms with van der Waals surface area (Å²) in [7, 11) is 0. The summed E-state index contributed by atoms with van der Waals surface area (Å²) in [6.07, 6.45) is 4.06. The van der Waals surface area contributed by atoms with Gasteiger partial charge in [0.15, 0.2) is 17.4 Å². The largest absolute Gasteiger partial charge is 0.488 e. The number of carbonyl (C=O) groups is 1. The molecule has 0 amide bonds. The van der Waals surface area contributed by atoms with Crippen LogP contribution >= 0.6 is 0 Å². The van der Waals surface area contributed by atoms with Gasteiger partial charge in [-0.3, -0.25) is 4.79 Å². The molecule has 0 aliphatic rings. The number of hydrogen-bond donors (Lipinski definition) is 1. The summed E-state index contributed by atoms with van der Waals surface area (Å²) in [5.74, 6) is -2.91. The number of furan rings is 1. The molecule has 0 bridgehead atoms. The Hall–Kier alpha value is -3.42. The lowest BCUT2D eigenvalue weighted by atomic mass is 10.1. The lowest BCUT2D eigenvalue weighted by molar-refractivity contribution is -0.137. The van der Waals surface area contributed by atoms with Crippen molar-refractivity contribution in [3.63, 3.8) is 0 Å². The van der Waals surface area contributed by atoms with E-state index in [1.54, 1.807) is 31.2 Å². The Kier molecular flexibility index (Phi) is 8.14. The van der Waals surface area contributed by atoms with Crippen LogP contribution in [0.5, 0.6) is 5.88 Å². The zero-order valence-electron chi connectivity index (χ0n) is 15.9. The zero-order valence-corrected chi connectivity index (χ0v) is 15.9. The summed E-state index contributed by atoms with van der Waals surface area (Å²) in [5, 5.41) is 8.61. The highest BCUT2D eigenvalue weighted by molar-refractivity contribution is 5.69. The molecule has 6 nitrogen and oxygen atoms in total. The van der Waals surface area contributed by atoms with Crippen LogP contribution in [0.1, 0.15) is 31.1 Å². The van der Waals surface area contributed by atoms with Crippen molar-refractivity contribution < 1.29 is 32.6 Å². The van der Waals surface area contributed by atoms with E-state index in [1.165, 1.54) is 12.5 Å². The molecule has 2 aromatic rings. The molecule has 1 N–H and O–H groups in total. The maximum Gasteiger partial charge on any atom is 0.303 e. The van der Waals surface area contributed by atoms with Gasteiger partial charge in [-0.1, -0.05) is 6.58 Å². The highest BCUT2D eigenvalue weighted by Gasteiger charge is 2.14. The van der Waals surface area contributed by atoms with E-state index in [0.717, 1.165) is 6.08 Å². The first-order valence-corrected chi connectivity index (χ1v) is 8.76. The minimum absolute atomic E-state index is 0.107. The summed E-state index contributed by atoms with van der Waals surface area (Å²) < 4.78 is 44.0. The van der Waals surface area contributed by atoms with Gasteiger partial charge >= 0.3 is 5.97 Å². The minimum Gasteiger partial charge on any atom is -0.488 e. The van der Waals surface area contributed by atoms with E-state index in [-0.39, 0.29) is 31.9 Å². The van der Waals surface area contributed by atoms with Crippen molar-refractivity contribution >= 4 is 11.5 Å². The molecule has 0 unspecified atom stereocenters. The highest BCUT2D eigenvalue weighted by Crippen LogP contribution is 2.28. The van der Waals surface area contributed by atoms with E-state index < -0.39 is 23.4 Å². The molecule has 2 rings (SSSR count). The van der Waals surface area contributed by atoms with Gasteiger partial charge in [0.1, 0.15) is 12.4 Å². The van der Waals surface area contributed by atoms with Crippen molar-refractivity contribution in [3.05, 3.63) is 78.1 Å². The Balaban J connectivity index is 2.17. The second-order valence-corrected chi connectivity index (χ2v) is 5.98. The minimum atomic E-state index is -1.10. The number of ether oxygens (including phenoxy) is 2. The lowest BCUT2D eigenvalue weighted by Crippen LogP contribution is -2.02. The van der Waals surface area contributed by atoms with Crippen LogP contribution in [0, 0.1) is 0 Å². The third-order valence-electron chi connectivity index (χ3n) is 3.72. The van der Waals surface area contributed by atoms with Gasteiger partial charge in [-0.15, -0.1) is 0 Å². The summed E-state index contributed by atoms with van der Waals surface area (Å²) >= 11 is 0. The fraction of sp³-hybridized carbons (Fsp3) is 0.238. The highest BCUT2D eigenvalue weighted by atomic mass is 19.1. The van der Waals surface area contributed by atoms with E-state index in [9.17, 15) is 13.6 Å². The Morgan fingerprint density at radius 1 is 1.34 bits per heavy atom. The van der Waals surface area contributed by atoms with Gasteiger partial charge in [-0.05, 0) is 49.3 Å². The van der Waals surface area contributed by atoms with E-state index >= 15 is 0 Å². The van der Waals surface area contributed by atoms with E-state index in [2.05, 4.69) is 11.6 Å². The number of rotatable bonds is 11. The summed E-state index contributed by atoms with van der Waals surface area (Å²) in [6, 6.07) is 6.81. The SMILES string of the molecule is C=C(F)/C(OCCCC(=O)O)=C(F)\C=C(/C)c1cccnc1OCc1ccco1. The predicted molar refractivity (Wildman–Crippen MR) is 102 cm³/mol. The maximum absolute atomic E-state index is 14.6. The number of halogens is 2. The Bertz CT molecular complexity index is 904. The molecular formula is C21H21F2NO5. The van der Waals surface area contributed by atoms with Crippen molar-refractivity contribution in [1.82, 2.24) is 4.98 Å². The average molecular weight is 405 g/mol. The third-order valence-corrected chi connectivity index (χ3v) is 3.72. The second-order valence-electron chi connectivity index (χ2n) is 5.98. The zero-order chi connectivity index (χ0) is 21.2. The first-order valence-electron chi connectivity index (χ1n) is 8.76. The number of hydrogen-bond acceptors (Lipinski definition) is 5. The number of aliphatic carboxylic acids is 1.